The molecule has 0 fully saturated rings. The second-order valence-corrected chi connectivity index (χ2v) is 5.12. The fourth-order valence-corrected chi connectivity index (χ4v) is 2.34. The van der Waals surface area contributed by atoms with Gasteiger partial charge in [-0.2, -0.15) is 0 Å². The number of ether oxygens (including phenoxy) is 1. The van der Waals surface area contributed by atoms with Gasteiger partial charge in [0.1, 0.15) is 12.4 Å². The van der Waals surface area contributed by atoms with Crippen molar-refractivity contribution < 1.29 is 4.74 Å². The van der Waals surface area contributed by atoms with Crippen LogP contribution >= 0.6 is 11.3 Å². The topological polar surface area (TPSA) is 34.1 Å². The number of nitrogens with zero attached hydrogens (tertiary/aromatic N) is 1. The summed E-state index contributed by atoms with van der Waals surface area (Å²) in [6, 6.07) is 7.90. The van der Waals surface area contributed by atoms with Gasteiger partial charge in [0.2, 0.25) is 0 Å². The standard InChI is InChI=1S/C15H16N2OS/c1-3-8-18-15-7-5-4-6-13(15)9-16-10-14-11-19-12(2)17-14/h1,4-7,11,16H,8-10H2,2H3. The third-order valence-electron chi connectivity index (χ3n) is 2.57. The second kappa shape index (κ2) is 6.93. The van der Waals surface area contributed by atoms with E-state index in [0.29, 0.717) is 6.61 Å². The predicted octanol–water partition coefficient (Wildman–Crippen LogP) is 2.75. The van der Waals surface area contributed by atoms with E-state index < -0.39 is 0 Å². The number of rotatable bonds is 6. The molecular formula is C15H16N2OS. The Hall–Kier alpha value is -1.83. The molecule has 0 radical (unpaired) electrons. The summed E-state index contributed by atoms with van der Waals surface area (Å²) in [5.41, 5.74) is 2.18. The van der Waals surface area contributed by atoms with Crippen molar-refractivity contribution in [3.05, 3.63) is 45.9 Å². The number of hydrogen-bond acceptors (Lipinski definition) is 4. The number of terminal acetylenes is 1. The van der Waals surface area contributed by atoms with Gasteiger partial charge in [-0.1, -0.05) is 24.1 Å². The molecule has 0 aliphatic carbocycles. The van der Waals surface area contributed by atoms with Crippen LogP contribution in [0.2, 0.25) is 0 Å². The number of benzene rings is 1. The van der Waals surface area contributed by atoms with Gasteiger partial charge in [0.25, 0.3) is 0 Å². The predicted molar refractivity (Wildman–Crippen MR) is 78.2 cm³/mol. The van der Waals surface area contributed by atoms with E-state index in [-0.39, 0.29) is 0 Å². The van der Waals surface area contributed by atoms with Gasteiger partial charge in [-0.15, -0.1) is 17.8 Å². The molecule has 0 unspecified atom stereocenters. The first kappa shape index (κ1) is 13.6. The fraction of sp³-hybridized carbons (Fsp3) is 0.267. The monoisotopic (exact) mass is 272 g/mol. The molecule has 1 aromatic carbocycles. The summed E-state index contributed by atoms with van der Waals surface area (Å²) < 4.78 is 5.50. The Labute approximate surface area is 117 Å². The number of aromatic nitrogens is 1. The van der Waals surface area contributed by atoms with E-state index in [1.54, 1.807) is 11.3 Å². The van der Waals surface area contributed by atoms with Gasteiger partial charge in [0.05, 0.1) is 10.7 Å². The van der Waals surface area contributed by atoms with E-state index in [0.717, 1.165) is 35.1 Å². The number of nitrogens with one attached hydrogen (secondary N) is 1. The highest BCUT2D eigenvalue weighted by Gasteiger charge is 2.03. The van der Waals surface area contributed by atoms with Crippen molar-refractivity contribution in [3.8, 4) is 18.1 Å². The van der Waals surface area contributed by atoms with E-state index in [1.807, 2.05) is 31.2 Å². The molecule has 0 saturated heterocycles. The SMILES string of the molecule is C#CCOc1ccccc1CNCc1csc(C)n1. The molecule has 2 aromatic rings. The third kappa shape index (κ3) is 4.09. The molecule has 2 rings (SSSR count). The minimum absolute atomic E-state index is 0.294. The van der Waals surface area contributed by atoms with Crippen molar-refractivity contribution in [1.29, 1.82) is 0 Å². The first-order chi connectivity index (χ1) is 9.29. The van der Waals surface area contributed by atoms with E-state index in [9.17, 15) is 0 Å². The molecule has 0 saturated carbocycles. The lowest BCUT2D eigenvalue weighted by Crippen LogP contribution is -2.14. The summed E-state index contributed by atoms with van der Waals surface area (Å²) in [6.07, 6.45) is 5.21. The van der Waals surface area contributed by atoms with Crippen LogP contribution in [0.4, 0.5) is 0 Å². The Morgan fingerprint density at radius 3 is 2.95 bits per heavy atom. The maximum atomic E-state index is 5.50. The summed E-state index contributed by atoms with van der Waals surface area (Å²) >= 11 is 1.67. The molecule has 19 heavy (non-hydrogen) atoms. The van der Waals surface area contributed by atoms with Gasteiger partial charge >= 0.3 is 0 Å². The molecule has 1 aromatic heterocycles. The van der Waals surface area contributed by atoms with Crippen LogP contribution in [-0.4, -0.2) is 11.6 Å². The summed E-state index contributed by atoms with van der Waals surface area (Å²) in [5.74, 6) is 3.31. The number of thiazole rings is 1. The molecule has 98 valence electrons. The van der Waals surface area contributed by atoms with E-state index in [2.05, 4.69) is 21.6 Å². The van der Waals surface area contributed by atoms with Crippen LogP contribution in [0.5, 0.6) is 5.75 Å². The lowest BCUT2D eigenvalue weighted by molar-refractivity contribution is 0.364. The van der Waals surface area contributed by atoms with Crippen molar-refractivity contribution in [2.24, 2.45) is 0 Å². The highest BCUT2D eigenvalue weighted by molar-refractivity contribution is 7.09. The van der Waals surface area contributed by atoms with Crippen LogP contribution in [0.3, 0.4) is 0 Å². The van der Waals surface area contributed by atoms with Crippen LogP contribution in [0.25, 0.3) is 0 Å². The molecule has 0 amide bonds. The maximum absolute atomic E-state index is 5.50. The average molecular weight is 272 g/mol. The van der Waals surface area contributed by atoms with Gasteiger partial charge in [-0.25, -0.2) is 4.98 Å². The van der Waals surface area contributed by atoms with E-state index in [1.165, 1.54) is 0 Å². The summed E-state index contributed by atoms with van der Waals surface area (Å²) in [5, 5.41) is 6.53. The summed E-state index contributed by atoms with van der Waals surface area (Å²) in [7, 11) is 0. The van der Waals surface area contributed by atoms with Crippen LogP contribution in [-0.2, 0) is 13.1 Å². The minimum Gasteiger partial charge on any atom is -0.481 e. The molecule has 0 aliphatic rings. The lowest BCUT2D eigenvalue weighted by Gasteiger charge is -2.09. The fourth-order valence-electron chi connectivity index (χ4n) is 1.72. The smallest absolute Gasteiger partial charge is 0.148 e. The van der Waals surface area contributed by atoms with Gasteiger partial charge in [0, 0.05) is 24.0 Å². The number of hydrogen-bond donors (Lipinski definition) is 1. The minimum atomic E-state index is 0.294. The molecule has 1 N–H and O–H groups in total. The first-order valence-electron chi connectivity index (χ1n) is 6.05. The molecule has 1 heterocycles. The lowest BCUT2D eigenvalue weighted by atomic mass is 10.2. The number of para-hydroxylation sites is 1. The van der Waals surface area contributed by atoms with Gasteiger partial charge in [0.15, 0.2) is 0 Å². The van der Waals surface area contributed by atoms with E-state index >= 15 is 0 Å². The molecule has 0 bridgehead atoms. The zero-order valence-electron chi connectivity index (χ0n) is 10.8. The highest BCUT2D eigenvalue weighted by atomic mass is 32.1. The van der Waals surface area contributed by atoms with Crippen LogP contribution in [0, 0.1) is 19.3 Å². The second-order valence-electron chi connectivity index (χ2n) is 4.06. The van der Waals surface area contributed by atoms with Gasteiger partial charge < -0.3 is 10.1 Å². The summed E-state index contributed by atoms with van der Waals surface area (Å²) in [4.78, 5) is 4.41. The van der Waals surface area contributed by atoms with Crippen molar-refractivity contribution in [1.82, 2.24) is 10.3 Å². The Balaban J connectivity index is 1.90. The van der Waals surface area contributed by atoms with Gasteiger partial charge in [-0.3, -0.25) is 0 Å². The quantitative estimate of drug-likeness (QED) is 0.821. The normalized spacial score (nSPS) is 10.1. The number of aryl methyl sites for hydroxylation is 1. The van der Waals surface area contributed by atoms with Gasteiger partial charge in [-0.05, 0) is 13.0 Å². The zero-order valence-corrected chi connectivity index (χ0v) is 11.7. The Morgan fingerprint density at radius 1 is 1.37 bits per heavy atom. The van der Waals surface area contributed by atoms with Crippen molar-refractivity contribution in [3.63, 3.8) is 0 Å². The van der Waals surface area contributed by atoms with Crippen LogP contribution < -0.4 is 10.1 Å². The maximum Gasteiger partial charge on any atom is 0.148 e. The molecule has 0 atom stereocenters. The molecule has 0 spiro atoms. The van der Waals surface area contributed by atoms with Crippen LogP contribution in [0.15, 0.2) is 29.6 Å². The molecule has 0 aliphatic heterocycles. The Morgan fingerprint density at radius 2 is 2.21 bits per heavy atom. The average Bonchev–Trinajstić information content (AvgIpc) is 2.83. The molecule has 4 heteroatoms. The summed E-state index contributed by atoms with van der Waals surface area (Å²) in [6.45, 7) is 3.80. The van der Waals surface area contributed by atoms with Crippen molar-refractivity contribution in [2.45, 2.75) is 20.0 Å². The largest absolute Gasteiger partial charge is 0.481 e. The Kier molecular flexibility index (Phi) is 4.96. The van der Waals surface area contributed by atoms with E-state index in [4.69, 9.17) is 11.2 Å². The van der Waals surface area contributed by atoms with Crippen molar-refractivity contribution >= 4 is 11.3 Å². The van der Waals surface area contributed by atoms with Crippen LogP contribution in [0.1, 0.15) is 16.3 Å². The highest BCUT2D eigenvalue weighted by Crippen LogP contribution is 2.17. The van der Waals surface area contributed by atoms with Crippen molar-refractivity contribution in [2.75, 3.05) is 6.61 Å². The zero-order chi connectivity index (χ0) is 13.5. The molecular weight excluding hydrogens is 256 g/mol. The molecule has 3 nitrogen and oxygen atoms in total. The first-order valence-corrected chi connectivity index (χ1v) is 6.93. The third-order valence-corrected chi connectivity index (χ3v) is 3.39. The Bertz CT molecular complexity index is 572.